The van der Waals surface area contributed by atoms with E-state index in [4.69, 9.17) is 5.73 Å². The molecule has 0 saturated heterocycles. The molecule has 0 unspecified atom stereocenters. The summed E-state index contributed by atoms with van der Waals surface area (Å²) in [6.45, 7) is 4.70. The van der Waals surface area contributed by atoms with Crippen molar-refractivity contribution in [3.63, 3.8) is 0 Å². The van der Waals surface area contributed by atoms with Crippen LogP contribution in [0.3, 0.4) is 0 Å². The summed E-state index contributed by atoms with van der Waals surface area (Å²) < 4.78 is 0.434. The number of halogens is 1. The first-order valence-corrected chi connectivity index (χ1v) is 7.13. The van der Waals surface area contributed by atoms with E-state index in [2.05, 4.69) is 39.7 Å². The number of aromatic amines is 1. The van der Waals surface area contributed by atoms with Gasteiger partial charge >= 0.3 is 0 Å². The monoisotopic (exact) mass is 336 g/mol. The van der Waals surface area contributed by atoms with E-state index in [0.717, 1.165) is 11.3 Å². The Morgan fingerprint density at radius 1 is 1.40 bits per heavy atom. The van der Waals surface area contributed by atoms with Gasteiger partial charge in [0.2, 0.25) is 0 Å². The Hall–Kier alpha value is -1.82. The molecule has 1 heterocycles. The summed E-state index contributed by atoms with van der Waals surface area (Å²) in [5, 5.41) is 0. The zero-order chi connectivity index (χ0) is 14.7. The SMILES string of the molecule is CC(C)N(Cc1ccccc1N)c1nc[nH]c(=O)c1Br. The van der Waals surface area contributed by atoms with Crippen LogP contribution in [-0.2, 0) is 6.54 Å². The molecule has 0 amide bonds. The van der Waals surface area contributed by atoms with E-state index in [1.807, 2.05) is 29.2 Å². The van der Waals surface area contributed by atoms with Gasteiger partial charge in [0.05, 0.1) is 6.33 Å². The van der Waals surface area contributed by atoms with Gasteiger partial charge in [-0.1, -0.05) is 18.2 Å². The van der Waals surface area contributed by atoms with Gasteiger partial charge in [0, 0.05) is 18.3 Å². The number of nitrogen functional groups attached to an aromatic ring is 1. The van der Waals surface area contributed by atoms with Crippen LogP contribution in [0.5, 0.6) is 0 Å². The highest BCUT2D eigenvalue weighted by Crippen LogP contribution is 2.24. The fraction of sp³-hybridized carbons (Fsp3) is 0.286. The van der Waals surface area contributed by atoms with E-state index in [-0.39, 0.29) is 11.6 Å². The number of benzene rings is 1. The fourth-order valence-electron chi connectivity index (χ4n) is 1.94. The first-order chi connectivity index (χ1) is 9.50. The van der Waals surface area contributed by atoms with Crippen molar-refractivity contribution in [3.05, 3.63) is 51.0 Å². The summed E-state index contributed by atoms with van der Waals surface area (Å²) in [6.07, 6.45) is 1.41. The molecule has 0 spiro atoms. The predicted octanol–water partition coefficient (Wildman–Crippen LogP) is 2.53. The normalized spacial score (nSPS) is 10.8. The van der Waals surface area contributed by atoms with Gasteiger partial charge < -0.3 is 15.6 Å². The third-order valence-electron chi connectivity index (χ3n) is 3.07. The summed E-state index contributed by atoms with van der Waals surface area (Å²) in [4.78, 5) is 20.5. The summed E-state index contributed by atoms with van der Waals surface area (Å²) in [7, 11) is 0. The molecule has 0 atom stereocenters. The van der Waals surface area contributed by atoms with Gasteiger partial charge in [-0.3, -0.25) is 4.79 Å². The molecular formula is C14H17BrN4O. The lowest BCUT2D eigenvalue weighted by molar-refractivity contribution is 0.669. The lowest BCUT2D eigenvalue weighted by atomic mass is 10.1. The minimum Gasteiger partial charge on any atom is -0.398 e. The van der Waals surface area contributed by atoms with E-state index in [1.54, 1.807) is 0 Å². The van der Waals surface area contributed by atoms with Crippen molar-refractivity contribution in [1.82, 2.24) is 9.97 Å². The van der Waals surface area contributed by atoms with Crippen molar-refractivity contribution in [2.75, 3.05) is 10.6 Å². The largest absolute Gasteiger partial charge is 0.398 e. The predicted molar refractivity (Wildman–Crippen MR) is 84.7 cm³/mol. The summed E-state index contributed by atoms with van der Waals surface area (Å²) in [6, 6.07) is 7.88. The van der Waals surface area contributed by atoms with Crippen LogP contribution in [0.15, 0.2) is 39.9 Å². The number of nitrogens with one attached hydrogen (secondary N) is 1. The van der Waals surface area contributed by atoms with E-state index in [0.29, 0.717) is 16.8 Å². The topological polar surface area (TPSA) is 75.0 Å². The van der Waals surface area contributed by atoms with Gasteiger partial charge in [-0.05, 0) is 41.4 Å². The molecule has 106 valence electrons. The van der Waals surface area contributed by atoms with Crippen LogP contribution >= 0.6 is 15.9 Å². The number of hydrogen-bond donors (Lipinski definition) is 2. The number of nitrogens with two attached hydrogens (primary N) is 1. The molecule has 5 nitrogen and oxygen atoms in total. The number of aromatic nitrogens is 2. The lowest BCUT2D eigenvalue weighted by Crippen LogP contribution is -2.33. The van der Waals surface area contributed by atoms with E-state index in [9.17, 15) is 4.79 Å². The molecule has 2 rings (SSSR count). The van der Waals surface area contributed by atoms with Crippen LogP contribution in [-0.4, -0.2) is 16.0 Å². The number of anilines is 2. The third-order valence-corrected chi connectivity index (χ3v) is 3.78. The van der Waals surface area contributed by atoms with E-state index in [1.165, 1.54) is 6.33 Å². The summed E-state index contributed by atoms with van der Waals surface area (Å²) >= 11 is 3.30. The fourth-order valence-corrected chi connectivity index (χ4v) is 2.38. The van der Waals surface area contributed by atoms with Gasteiger partial charge in [-0.25, -0.2) is 4.98 Å². The molecule has 20 heavy (non-hydrogen) atoms. The van der Waals surface area contributed by atoms with Crippen molar-refractivity contribution in [2.45, 2.75) is 26.4 Å². The molecule has 0 fully saturated rings. The second-order valence-corrected chi connectivity index (χ2v) is 5.58. The second-order valence-electron chi connectivity index (χ2n) is 4.79. The molecule has 0 bridgehead atoms. The molecule has 1 aromatic carbocycles. The maximum absolute atomic E-state index is 11.7. The van der Waals surface area contributed by atoms with Crippen molar-refractivity contribution in [2.24, 2.45) is 0 Å². The van der Waals surface area contributed by atoms with Gasteiger partial charge in [0.25, 0.3) is 5.56 Å². The highest BCUT2D eigenvalue weighted by molar-refractivity contribution is 9.10. The molecule has 0 aliphatic rings. The average molecular weight is 337 g/mol. The summed E-state index contributed by atoms with van der Waals surface area (Å²) in [5.41, 5.74) is 7.54. The van der Waals surface area contributed by atoms with Gasteiger partial charge in [0.15, 0.2) is 5.82 Å². The Morgan fingerprint density at radius 3 is 2.75 bits per heavy atom. The smallest absolute Gasteiger partial charge is 0.267 e. The molecular weight excluding hydrogens is 320 g/mol. The maximum Gasteiger partial charge on any atom is 0.267 e. The Labute approximate surface area is 126 Å². The number of rotatable bonds is 4. The standard InChI is InChI=1S/C14H17BrN4O/c1-9(2)19(7-10-5-3-4-6-11(10)16)13-12(15)14(20)18-8-17-13/h3-6,8-9H,7,16H2,1-2H3,(H,17,18,20). The van der Waals surface area contributed by atoms with Crippen LogP contribution in [0.1, 0.15) is 19.4 Å². The molecule has 6 heteroatoms. The lowest BCUT2D eigenvalue weighted by Gasteiger charge is -2.28. The van der Waals surface area contributed by atoms with Gasteiger partial charge in [0.1, 0.15) is 4.47 Å². The van der Waals surface area contributed by atoms with Gasteiger partial charge in [-0.15, -0.1) is 0 Å². The first kappa shape index (κ1) is 14.6. The molecule has 2 aromatic rings. The quantitative estimate of drug-likeness (QED) is 0.841. The molecule has 0 radical (unpaired) electrons. The van der Waals surface area contributed by atoms with Crippen LogP contribution < -0.4 is 16.2 Å². The molecule has 0 saturated carbocycles. The number of nitrogens with zero attached hydrogens (tertiary/aromatic N) is 2. The van der Waals surface area contributed by atoms with Crippen molar-refractivity contribution in [3.8, 4) is 0 Å². The Bertz CT molecular complexity index is 654. The minimum atomic E-state index is -0.193. The third kappa shape index (κ3) is 3.01. The van der Waals surface area contributed by atoms with Crippen LogP contribution in [0, 0.1) is 0 Å². The summed E-state index contributed by atoms with van der Waals surface area (Å²) in [5.74, 6) is 0.618. The second kappa shape index (κ2) is 6.09. The van der Waals surface area contributed by atoms with E-state index >= 15 is 0 Å². The van der Waals surface area contributed by atoms with Crippen LogP contribution in [0.25, 0.3) is 0 Å². The number of hydrogen-bond acceptors (Lipinski definition) is 4. The van der Waals surface area contributed by atoms with Crippen molar-refractivity contribution >= 4 is 27.4 Å². The van der Waals surface area contributed by atoms with Gasteiger partial charge in [-0.2, -0.15) is 0 Å². The Balaban J connectivity index is 2.40. The zero-order valence-corrected chi connectivity index (χ0v) is 13.0. The minimum absolute atomic E-state index is 0.181. The molecule has 1 aromatic heterocycles. The Morgan fingerprint density at radius 2 is 2.10 bits per heavy atom. The number of para-hydroxylation sites is 1. The highest BCUT2D eigenvalue weighted by atomic mass is 79.9. The first-order valence-electron chi connectivity index (χ1n) is 6.34. The van der Waals surface area contributed by atoms with E-state index < -0.39 is 0 Å². The molecule has 0 aliphatic carbocycles. The highest BCUT2D eigenvalue weighted by Gasteiger charge is 2.18. The number of H-pyrrole nitrogens is 1. The maximum atomic E-state index is 11.7. The zero-order valence-electron chi connectivity index (χ0n) is 11.4. The Kier molecular flexibility index (Phi) is 4.44. The van der Waals surface area contributed by atoms with Crippen LogP contribution in [0.2, 0.25) is 0 Å². The average Bonchev–Trinajstić information content (AvgIpc) is 2.41. The van der Waals surface area contributed by atoms with Crippen molar-refractivity contribution < 1.29 is 0 Å². The van der Waals surface area contributed by atoms with Crippen LogP contribution in [0.4, 0.5) is 11.5 Å². The molecule has 0 aliphatic heterocycles. The van der Waals surface area contributed by atoms with Crippen molar-refractivity contribution in [1.29, 1.82) is 0 Å². The molecule has 3 N–H and O–H groups in total.